The summed E-state index contributed by atoms with van der Waals surface area (Å²) < 4.78 is 5.50. The Kier molecular flexibility index (Phi) is 7.82. The molecule has 2 atom stereocenters. The number of nitrogens with one attached hydrogen (secondary N) is 1. The molecule has 1 fully saturated rings. The number of allylic oxidation sites excluding steroid dienone is 6. The zero-order chi connectivity index (χ0) is 24.1. The van der Waals surface area contributed by atoms with Crippen LogP contribution in [-0.4, -0.2) is 30.6 Å². The molecule has 2 unspecified atom stereocenters. The lowest BCUT2D eigenvalue weighted by molar-refractivity contribution is 0.195. The normalized spacial score (nSPS) is 20.4. The molecule has 0 amide bonds. The van der Waals surface area contributed by atoms with E-state index in [1.54, 1.807) is 5.57 Å². The molecule has 1 aliphatic heterocycles. The topological polar surface area (TPSA) is 24.5 Å². The summed E-state index contributed by atoms with van der Waals surface area (Å²) in [7, 11) is 0. The highest BCUT2D eigenvalue weighted by atomic mass is 16.5. The quantitative estimate of drug-likeness (QED) is 0.417. The molecule has 0 spiro atoms. The Hall–Kier alpha value is -2.94. The lowest BCUT2D eigenvalue weighted by Gasteiger charge is -2.35. The van der Waals surface area contributed by atoms with Crippen molar-refractivity contribution < 1.29 is 4.74 Å². The minimum Gasteiger partial charge on any atom is -0.480 e. The molecular formula is C31H40N2O. The summed E-state index contributed by atoms with van der Waals surface area (Å²) in [5.41, 5.74) is 9.91. The highest BCUT2D eigenvalue weighted by molar-refractivity contribution is 5.91. The highest BCUT2D eigenvalue weighted by Gasteiger charge is 2.26. The zero-order valence-electron chi connectivity index (χ0n) is 21.2. The highest BCUT2D eigenvalue weighted by Crippen LogP contribution is 2.42. The smallest absolute Gasteiger partial charge is 0.179 e. The van der Waals surface area contributed by atoms with Gasteiger partial charge in [-0.05, 0) is 73.0 Å². The first-order valence-electron chi connectivity index (χ1n) is 12.9. The lowest BCUT2D eigenvalue weighted by atomic mass is 9.80. The van der Waals surface area contributed by atoms with E-state index >= 15 is 0 Å². The number of rotatable bonds is 8. The van der Waals surface area contributed by atoms with E-state index in [4.69, 9.17) is 4.74 Å². The number of piperidine rings is 1. The summed E-state index contributed by atoms with van der Waals surface area (Å²) in [5.74, 6) is 1.22. The number of likely N-dealkylation sites (tertiary alicyclic amines) is 1. The number of ether oxygens (including phenoxy) is 1. The second-order valence-electron chi connectivity index (χ2n) is 9.67. The lowest BCUT2D eigenvalue weighted by Crippen LogP contribution is -2.35. The van der Waals surface area contributed by atoms with E-state index in [-0.39, 0.29) is 0 Å². The van der Waals surface area contributed by atoms with Gasteiger partial charge in [0, 0.05) is 31.2 Å². The molecule has 0 aromatic heterocycles. The molecule has 3 nitrogen and oxygen atoms in total. The van der Waals surface area contributed by atoms with Crippen LogP contribution < -0.4 is 5.32 Å². The minimum atomic E-state index is 0.299. The van der Waals surface area contributed by atoms with Crippen LogP contribution in [0.2, 0.25) is 0 Å². The summed E-state index contributed by atoms with van der Waals surface area (Å²) in [4.78, 5) is 2.48. The van der Waals surface area contributed by atoms with E-state index in [0.717, 1.165) is 45.2 Å². The van der Waals surface area contributed by atoms with Crippen LogP contribution in [0.25, 0.3) is 11.6 Å². The van der Waals surface area contributed by atoms with Crippen LogP contribution in [0.15, 0.2) is 84.0 Å². The van der Waals surface area contributed by atoms with Crippen molar-refractivity contribution in [2.24, 2.45) is 5.92 Å². The molecule has 0 radical (unpaired) electrons. The number of hydrogen-bond acceptors (Lipinski definition) is 3. The Morgan fingerprint density at radius 2 is 1.88 bits per heavy atom. The van der Waals surface area contributed by atoms with Crippen molar-refractivity contribution in [1.29, 1.82) is 0 Å². The molecule has 0 bridgehead atoms. The predicted octanol–water partition coefficient (Wildman–Crippen LogP) is 7.24. The summed E-state index contributed by atoms with van der Waals surface area (Å²) in [6, 6.07) is 9.19. The van der Waals surface area contributed by atoms with Crippen LogP contribution in [0.1, 0.15) is 64.0 Å². The third kappa shape index (κ3) is 5.24. The standard InChI is InChI=1S/C31H40N2O/c1-6-27(32-24(5)34-7-2)21-23(4)33-19-17-26(18-20-33)31-29-13-9-8-12-25(29)15-16-28-22(3)11-10-14-30(28)31/h8-10,12-16,22,27,32H,4-7,11,17-21H2,1-3H3. The van der Waals surface area contributed by atoms with Crippen molar-refractivity contribution in [1.82, 2.24) is 10.2 Å². The van der Waals surface area contributed by atoms with Crippen molar-refractivity contribution in [2.45, 2.75) is 58.9 Å². The van der Waals surface area contributed by atoms with Gasteiger partial charge in [-0.3, -0.25) is 0 Å². The third-order valence-electron chi connectivity index (χ3n) is 7.38. The molecule has 3 aliphatic rings. The Balaban J connectivity index is 1.53. The molecule has 1 saturated heterocycles. The van der Waals surface area contributed by atoms with Crippen LogP contribution in [0.3, 0.4) is 0 Å². The summed E-state index contributed by atoms with van der Waals surface area (Å²) in [6.45, 7) is 17.7. The first-order valence-corrected chi connectivity index (χ1v) is 12.9. The van der Waals surface area contributed by atoms with Gasteiger partial charge >= 0.3 is 0 Å². The number of fused-ring (bicyclic) bond motifs is 1. The summed E-state index contributed by atoms with van der Waals surface area (Å²) in [5, 5.41) is 3.42. The third-order valence-corrected chi connectivity index (χ3v) is 7.38. The largest absolute Gasteiger partial charge is 0.480 e. The fourth-order valence-corrected chi connectivity index (χ4v) is 5.43. The van der Waals surface area contributed by atoms with Crippen molar-refractivity contribution >= 4 is 11.6 Å². The predicted molar refractivity (Wildman–Crippen MR) is 145 cm³/mol. The minimum absolute atomic E-state index is 0.299. The van der Waals surface area contributed by atoms with Crippen LogP contribution >= 0.6 is 0 Å². The fraction of sp³-hybridized carbons (Fsp3) is 0.419. The van der Waals surface area contributed by atoms with Crippen molar-refractivity contribution in [3.05, 3.63) is 95.1 Å². The fourth-order valence-electron chi connectivity index (χ4n) is 5.43. The molecule has 1 aromatic rings. The van der Waals surface area contributed by atoms with Crippen LogP contribution in [0.5, 0.6) is 0 Å². The zero-order valence-corrected chi connectivity index (χ0v) is 21.2. The average Bonchev–Trinajstić information content (AvgIpc) is 3.01. The van der Waals surface area contributed by atoms with Gasteiger partial charge in [-0.25, -0.2) is 0 Å². The molecule has 34 heavy (non-hydrogen) atoms. The molecule has 4 rings (SSSR count). The molecule has 3 heteroatoms. The van der Waals surface area contributed by atoms with Gasteiger partial charge in [-0.15, -0.1) is 0 Å². The molecule has 1 heterocycles. The Morgan fingerprint density at radius 1 is 1.12 bits per heavy atom. The van der Waals surface area contributed by atoms with Crippen LogP contribution in [0, 0.1) is 5.92 Å². The second-order valence-corrected chi connectivity index (χ2v) is 9.67. The first-order chi connectivity index (χ1) is 16.5. The Labute approximate surface area is 206 Å². The number of hydrogen-bond donors (Lipinski definition) is 1. The van der Waals surface area contributed by atoms with E-state index in [0.29, 0.717) is 24.4 Å². The van der Waals surface area contributed by atoms with Gasteiger partial charge in [0.15, 0.2) is 5.88 Å². The van der Waals surface area contributed by atoms with Gasteiger partial charge in [0.05, 0.1) is 6.61 Å². The maximum Gasteiger partial charge on any atom is 0.179 e. The molecule has 1 N–H and O–H groups in total. The molecular weight excluding hydrogens is 416 g/mol. The molecule has 180 valence electrons. The van der Waals surface area contributed by atoms with E-state index in [9.17, 15) is 0 Å². The second kappa shape index (κ2) is 11.0. The van der Waals surface area contributed by atoms with Crippen molar-refractivity contribution in [3.8, 4) is 0 Å². The van der Waals surface area contributed by atoms with Crippen molar-refractivity contribution in [3.63, 3.8) is 0 Å². The SMILES string of the molecule is C=C(NC(CC)CC(=C)N1CCC(=C2C3=C(C=Cc4ccccc42)C(C)CC=C3)CC1)OCC. The van der Waals surface area contributed by atoms with E-state index in [2.05, 4.69) is 85.8 Å². The molecule has 1 aromatic carbocycles. The first kappa shape index (κ1) is 24.2. The average molecular weight is 457 g/mol. The Morgan fingerprint density at radius 3 is 2.62 bits per heavy atom. The molecule has 2 aliphatic carbocycles. The van der Waals surface area contributed by atoms with E-state index in [1.807, 2.05) is 6.92 Å². The van der Waals surface area contributed by atoms with Crippen molar-refractivity contribution in [2.75, 3.05) is 19.7 Å². The summed E-state index contributed by atoms with van der Waals surface area (Å²) in [6.07, 6.45) is 14.6. The number of nitrogens with zero attached hydrogens (tertiary/aromatic N) is 1. The molecule has 0 saturated carbocycles. The van der Waals surface area contributed by atoms with Gasteiger partial charge in [0.25, 0.3) is 0 Å². The Bertz CT molecular complexity index is 1040. The maximum atomic E-state index is 5.50. The van der Waals surface area contributed by atoms with Crippen LogP contribution in [0.4, 0.5) is 0 Å². The van der Waals surface area contributed by atoms with E-state index in [1.165, 1.54) is 33.5 Å². The van der Waals surface area contributed by atoms with Gasteiger partial charge in [-0.1, -0.05) is 74.6 Å². The van der Waals surface area contributed by atoms with Gasteiger partial charge < -0.3 is 15.0 Å². The monoisotopic (exact) mass is 456 g/mol. The number of benzene rings is 1. The van der Waals surface area contributed by atoms with Gasteiger partial charge in [-0.2, -0.15) is 0 Å². The maximum absolute atomic E-state index is 5.50. The van der Waals surface area contributed by atoms with Crippen LogP contribution in [-0.2, 0) is 4.74 Å². The van der Waals surface area contributed by atoms with Gasteiger partial charge in [0.1, 0.15) is 0 Å². The van der Waals surface area contributed by atoms with Gasteiger partial charge in [0.2, 0.25) is 0 Å². The summed E-state index contributed by atoms with van der Waals surface area (Å²) >= 11 is 0. The van der Waals surface area contributed by atoms with E-state index < -0.39 is 0 Å².